The summed E-state index contributed by atoms with van der Waals surface area (Å²) in [7, 11) is -3.16. The second kappa shape index (κ2) is 2.99. The lowest BCUT2D eigenvalue weighted by molar-refractivity contribution is -0.0829. The Labute approximate surface area is 96.2 Å². The molecule has 0 bridgehead atoms. The van der Waals surface area contributed by atoms with Crippen LogP contribution >= 0.6 is 0 Å². The van der Waals surface area contributed by atoms with Crippen LogP contribution in [-0.2, 0) is 9.84 Å². The van der Waals surface area contributed by atoms with Gasteiger partial charge in [-0.25, -0.2) is 8.42 Å². The van der Waals surface area contributed by atoms with E-state index < -0.39 is 20.9 Å². The Bertz CT molecular complexity index is 456. The zero-order chi connectivity index (χ0) is 12.2. The van der Waals surface area contributed by atoms with Crippen LogP contribution in [0.25, 0.3) is 0 Å². The lowest BCUT2D eigenvalue weighted by Crippen LogP contribution is -2.51. The van der Waals surface area contributed by atoms with Crippen LogP contribution in [0.4, 0.5) is 0 Å². The lowest BCUT2D eigenvalue weighted by Gasteiger charge is -2.41. The van der Waals surface area contributed by atoms with E-state index in [0.29, 0.717) is 0 Å². The van der Waals surface area contributed by atoms with Crippen molar-refractivity contribution in [3.8, 4) is 6.07 Å². The molecule has 0 amide bonds. The fourth-order valence-electron chi connectivity index (χ4n) is 2.68. The molecule has 5 heteroatoms. The molecular formula is C11H17NO3S. The van der Waals surface area contributed by atoms with E-state index in [2.05, 4.69) is 6.07 Å². The van der Waals surface area contributed by atoms with Gasteiger partial charge in [0.1, 0.15) is 5.41 Å². The first-order valence-corrected chi connectivity index (χ1v) is 7.34. The average Bonchev–Trinajstić information content (AvgIpc) is 2.84. The second-order valence-corrected chi connectivity index (χ2v) is 7.85. The van der Waals surface area contributed by atoms with Gasteiger partial charge in [0.15, 0.2) is 9.84 Å². The number of sulfone groups is 1. The third-order valence-electron chi connectivity index (χ3n) is 4.63. The molecule has 2 atom stereocenters. The molecule has 2 rings (SSSR count). The van der Waals surface area contributed by atoms with Gasteiger partial charge in [0.05, 0.1) is 23.2 Å². The van der Waals surface area contributed by atoms with Crippen molar-refractivity contribution in [3.05, 3.63) is 0 Å². The number of nitriles is 1. The van der Waals surface area contributed by atoms with Crippen LogP contribution in [0.3, 0.4) is 0 Å². The molecule has 1 heterocycles. The molecule has 1 aliphatic heterocycles. The summed E-state index contributed by atoms with van der Waals surface area (Å²) in [5.74, 6) is -0.175. The molecule has 0 aromatic rings. The monoisotopic (exact) mass is 243 g/mol. The number of rotatable bonds is 2. The average molecular weight is 243 g/mol. The van der Waals surface area contributed by atoms with Gasteiger partial charge in [-0.3, -0.25) is 0 Å². The highest BCUT2D eigenvalue weighted by atomic mass is 32.2. The van der Waals surface area contributed by atoms with Gasteiger partial charge in [-0.05, 0) is 31.6 Å². The predicted molar refractivity (Wildman–Crippen MR) is 59.3 cm³/mol. The van der Waals surface area contributed by atoms with E-state index in [4.69, 9.17) is 0 Å². The Hall–Kier alpha value is -0.600. The topological polar surface area (TPSA) is 78.2 Å². The molecule has 2 aliphatic rings. The van der Waals surface area contributed by atoms with E-state index in [1.165, 1.54) is 0 Å². The first-order valence-electron chi connectivity index (χ1n) is 5.52. The van der Waals surface area contributed by atoms with Crippen LogP contribution < -0.4 is 0 Å². The lowest BCUT2D eigenvalue weighted by atomic mass is 9.66. The normalized spacial score (nSPS) is 38.6. The Morgan fingerprint density at radius 3 is 2.25 bits per heavy atom. The fourth-order valence-corrected chi connectivity index (χ4v) is 4.73. The molecule has 16 heavy (non-hydrogen) atoms. The number of hydrogen-bond donors (Lipinski definition) is 1. The van der Waals surface area contributed by atoms with Crippen molar-refractivity contribution in [1.82, 2.24) is 0 Å². The summed E-state index contributed by atoms with van der Waals surface area (Å²) >= 11 is 0. The maximum absolute atomic E-state index is 11.5. The highest BCUT2D eigenvalue weighted by Crippen LogP contribution is 2.61. The SMILES string of the molecule is CC1(C(C)(O)C2(C#N)CCS(=O)(=O)C2)CC1. The molecule has 2 fully saturated rings. The van der Waals surface area contributed by atoms with Gasteiger partial charge in [-0.2, -0.15) is 5.26 Å². The molecule has 1 saturated heterocycles. The summed E-state index contributed by atoms with van der Waals surface area (Å²) in [5.41, 5.74) is -2.61. The molecule has 1 aliphatic carbocycles. The van der Waals surface area contributed by atoms with Crippen molar-refractivity contribution in [1.29, 1.82) is 5.26 Å². The first kappa shape index (κ1) is 11.9. The Morgan fingerprint density at radius 2 is 1.94 bits per heavy atom. The van der Waals surface area contributed by atoms with Crippen LogP contribution in [-0.4, -0.2) is 30.6 Å². The molecule has 0 spiro atoms. The smallest absolute Gasteiger partial charge is 0.152 e. The third-order valence-corrected chi connectivity index (χ3v) is 6.39. The predicted octanol–water partition coefficient (Wildman–Crippen LogP) is 0.866. The first-order chi connectivity index (χ1) is 7.18. The quantitative estimate of drug-likeness (QED) is 0.780. The molecule has 1 saturated carbocycles. The maximum Gasteiger partial charge on any atom is 0.152 e. The minimum Gasteiger partial charge on any atom is -0.388 e. The third kappa shape index (κ3) is 1.40. The van der Waals surface area contributed by atoms with Crippen LogP contribution in [0, 0.1) is 22.2 Å². The fraction of sp³-hybridized carbons (Fsp3) is 0.909. The summed E-state index contributed by atoms with van der Waals surface area (Å²) in [5, 5.41) is 19.9. The number of nitrogens with zero attached hydrogens (tertiary/aromatic N) is 1. The van der Waals surface area contributed by atoms with Gasteiger partial charge in [-0.15, -0.1) is 0 Å². The van der Waals surface area contributed by atoms with Crippen LogP contribution in [0.2, 0.25) is 0 Å². The summed E-state index contributed by atoms with van der Waals surface area (Å²) in [6.07, 6.45) is 1.99. The van der Waals surface area contributed by atoms with E-state index in [9.17, 15) is 18.8 Å². The number of hydrogen-bond acceptors (Lipinski definition) is 4. The standard InChI is InChI=1S/C11H17NO3S/c1-9(3-4-9)10(2,13)11(7-12)5-6-16(14,15)8-11/h13H,3-6,8H2,1-2H3. The largest absolute Gasteiger partial charge is 0.388 e. The highest BCUT2D eigenvalue weighted by Gasteiger charge is 2.65. The molecular weight excluding hydrogens is 226 g/mol. The van der Waals surface area contributed by atoms with Crippen molar-refractivity contribution >= 4 is 9.84 Å². The molecule has 2 unspecified atom stereocenters. The highest BCUT2D eigenvalue weighted by molar-refractivity contribution is 7.91. The van der Waals surface area contributed by atoms with E-state index in [1.807, 2.05) is 6.92 Å². The summed E-state index contributed by atoms with van der Waals surface area (Å²) in [6, 6.07) is 2.09. The van der Waals surface area contributed by atoms with Crippen LogP contribution in [0.15, 0.2) is 0 Å². The van der Waals surface area contributed by atoms with E-state index in [0.717, 1.165) is 12.8 Å². The van der Waals surface area contributed by atoms with Gasteiger partial charge in [0.2, 0.25) is 0 Å². The van der Waals surface area contributed by atoms with Gasteiger partial charge in [0.25, 0.3) is 0 Å². The Kier molecular flexibility index (Phi) is 2.22. The van der Waals surface area contributed by atoms with Gasteiger partial charge < -0.3 is 5.11 Å². The summed E-state index contributed by atoms with van der Waals surface area (Å²) in [6.45, 7) is 3.56. The second-order valence-electron chi connectivity index (χ2n) is 5.67. The zero-order valence-electron chi connectivity index (χ0n) is 9.65. The zero-order valence-corrected chi connectivity index (χ0v) is 10.5. The molecule has 0 radical (unpaired) electrons. The van der Waals surface area contributed by atoms with E-state index >= 15 is 0 Å². The Balaban J connectivity index is 2.42. The van der Waals surface area contributed by atoms with Crippen LogP contribution in [0.5, 0.6) is 0 Å². The van der Waals surface area contributed by atoms with Gasteiger partial charge in [-0.1, -0.05) is 6.92 Å². The van der Waals surface area contributed by atoms with E-state index in [-0.39, 0.29) is 23.3 Å². The molecule has 4 nitrogen and oxygen atoms in total. The van der Waals surface area contributed by atoms with E-state index in [1.54, 1.807) is 6.92 Å². The Morgan fingerprint density at radius 1 is 1.38 bits per heavy atom. The minimum absolute atomic E-state index is 0.0206. The van der Waals surface area contributed by atoms with Crippen molar-refractivity contribution in [2.45, 2.75) is 38.7 Å². The van der Waals surface area contributed by atoms with Gasteiger partial charge in [0, 0.05) is 0 Å². The minimum atomic E-state index is -3.16. The molecule has 1 N–H and O–H groups in total. The molecule has 0 aromatic heterocycles. The van der Waals surface area contributed by atoms with Crippen molar-refractivity contribution in [2.75, 3.05) is 11.5 Å². The van der Waals surface area contributed by atoms with Crippen LogP contribution in [0.1, 0.15) is 33.1 Å². The summed E-state index contributed by atoms with van der Waals surface area (Å²) in [4.78, 5) is 0. The van der Waals surface area contributed by atoms with Gasteiger partial charge >= 0.3 is 0 Å². The number of aliphatic hydroxyl groups is 1. The molecule has 90 valence electrons. The molecule has 0 aromatic carbocycles. The maximum atomic E-state index is 11.5. The van der Waals surface area contributed by atoms with Crippen molar-refractivity contribution in [2.24, 2.45) is 10.8 Å². The summed E-state index contributed by atoms with van der Waals surface area (Å²) < 4.78 is 23.1. The van der Waals surface area contributed by atoms with Crippen molar-refractivity contribution < 1.29 is 13.5 Å². The van der Waals surface area contributed by atoms with Crippen molar-refractivity contribution in [3.63, 3.8) is 0 Å².